The monoisotopic (exact) mass is 270 g/mol. The predicted molar refractivity (Wildman–Crippen MR) is 69.9 cm³/mol. The van der Waals surface area contributed by atoms with E-state index in [1.807, 2.05) is 0 Å². The minimum atomic E-state index is -0.907. The molecule has 3 N–H and O–H groups in total. The summed E-state index contributed by atoms with van der Waals surface area (Å²) >= 11 is 0. The van der Waals surface area contributed by atoms with Crippen molar-refractivity contribution in [3.05, 3.63) is 0 Å². The molecular formula is C13H22N2O4. The summed E-state index contributed by atoms with van der Waals surface area (Å²) in [5, 5.41) is 13.8. The molecule has 1 rings (SSSR count). The number of amides is 2. The molecule has 2 amide bonds. The second-order valence-electron chi connectivity index (χ2n) is 4.95. The molecule has 0 saturated heterocycles. The summed E-state index contributed by atoms with van der Waals surface area (Å²) in [7, 11) is 0. The number of hydrogen-bond acceptors (Lipinski definition) is 3. The first-order valence-electron chi connectivity index (χ1n) is 6.86. The minimum absolute atomic E-state index is 0.0139. The number of urea groups is 1. The lowest BCUT2D eigenvalue weighted by molar-refractivity contribution is -0.137. The van der Waals surface area contributed by atoms with E-state index < -0.39 is 5.97 Å². The van der Waals surface area contributed by atoms with Gasteiger partial charge in [-0.3, -0.25) is 9.59 Å². The van der Waals surface area contributed by atoms with Crippen molar-refractivity contribution in [2.75, 3.05) is 6.54 Å². The largest absolute Gasteiger partial charge is 0.481 e. The van der Waals surface area contributed by atoms with E-state index in [9.17, 15) is 14.4 Å². The molecule has 0 spiro atoms. The summed E-state index contributed by atoms with van der Waals surface area (Å²) < 4.78 is 0. The lowest BCUT2D eigenvalue weighted by Crippen LogP contribution is -2.44. The van der Waals surface area contributed by atoms with Crippen LogP contribution in [0, 0.1) is 0 Å². The summed E-state index contributed by atoms with van der Waals surface area (Å²) in [6.45, 7) is -0.0296. The van der Waals surface area contributed by atoms with Gasteiger partial charge in [0, 0.05) is 18.9 Å². The number of carboxylic acid groups (broad SMARTS) is 1. The van der Waals surface area contributed by atoms with Crippen LogP contribution in [0.2, 0.25) is 0 Å². The Morgan fingerprint density at radius 3 is 2.37 bits per heavy atom. The highest BCUT2D eigenvalue weighted by Gasteiger charge is 2.15. The van der Waals surface area contributed by atoms with Gasteiger partial charge >= 0.3 is 12.0 Å². The normalized spacial score (nSPS) is 15.8. The second kappa shape index (κ2) is 8.50. The summed E-state index contributed by atoms with van der Waals surface area (Å²) in [6.07, 6.45) is 6.00. The SMILES string of the molecule is O=C(O)CCCC(=O)CNC(=O)NC1CCCCC1. The molecule has 0 bridgehead atoms. The Kier molecular flexibility index (Phi) is 6.92. The zero-order chi connectivity index (χ0) is 14.1. The molecule has 6 heteroatoms. The van der Waals surface area contributed by atoms with Crippen molar-refractivity contribution in [2.45, 2.75) is 57.4 Å². The Labute approximate surface area is 112 Å². The molecule has 6 nitrogen and oxygen atoms in total. The molecule has 108 valence electrons. The Bertz CT molecular complexity index is 325. The van der Waals surface area contributed by atoms with Gasteiger partial charge in [0.05, 0.1) is 6.54 Å². The number of carbonyl (C=O) groups excluding carboxylic acids is 2. The van der Waals surface area contributed by atoms with E-state index in [-0.39, 0.29) is 37.2 Å². The highest BCUT2D eigenvalue weighted by Crippen LogP contribution is 2.17. The summed E-state index contributed by atoms with van der Waals surface area (Å²) in [5.41, 5.74) is 0. The van der Waals surface area contributed by atoms with Gasteiger partial charge in [0.2, 0.25) is 0 Å². The van der Waals surface area contributed by atoms with Crippen LogP contribution in [0.25, 0.3) is 0 Å². The number of carboxylic acids is 1. The third-order valence-electron chi connectivity index (χ3n) is 3.23. The maximum absolute atomic E-state index is 11.5. The Morgan fingerprint density at radius 1 is 1.05 bits per heavy atom. The molecule has 0 aromatic heterocycles. The molecule has 0 aliphatic heterocycles. The van der Waals surface area contributed by atoms with Crippen LogP contribution in [0.4, 0.5) is 4.79 Å². The fraction of sp³-hybridized carbons (Fsp3) is 0.769. The van der Waals surface area contributed by atoms with Crippen molar-refractivity contribution in [3.63, 3.8) is 0 Å². The summed E-state index contributed by atoms with van der Waals surface area (Å²) in [5.74, 6) is -1.05. The van der Waals surface area contributed by atoms with E-state index in [0.29, 0.717) is 6.42 Å². The lowest BCUT2D eigenvalue weighted by atomic mass is 9.96. The van der Waals surface area contributed by atoms with Crippen molar-refractivity contribution < 1.29 is 19.5 Å². The van der Waals surface area contributed by atoms with E-state index in [4.69, 9.17) is 5.11 Å². The quantitative estimate of drug-likeness (QED) is 0.652. The fourth-order valence-electron chi connectivity index (χ4n) is 2.19. The summed E-state index contributed by atoms with van der Waals surface area (Å²) in [6, 6.07) is -0.0886. The van der Waals surface area contributed by atoms with E-state index in [1.54, 1.807) is 0 Å². The van der Waals surface area contributed by atoms with Gasteiger partial charge in [0.25, 0.3) is 0 Å². The Hall–Kier alpha value is -1.59. The first-order valence-corrected chi connectivity index (χ1v) is 6.86. The van der Waals surface area contributed by atoms with Gasteiger partial charge < -0.3 is 15.7 Å². The smallest absolute Gasteiger partial charge is 0.315 e. The molecule has 1 aliphatic rings. The van der Waals surface area contributed by atoms with Crippen molar-refractivity contribution in [3.8, 4) is 0 Å². The average molecular weight is 270 g/mol. The number of nitrogens with one attached hydrogen (secondary N) is 2. The topological polar surface area (TPSA) is 95.5 Å². The highest BCUT2D eigenvalue weighted by molar-refractivity contribution is 5.85. The van der Waals surface area contributed by atoms with Crippen LogP contribution in [0.15, 0.2) is 0 Å². The van der Waals surface area contributed by atoms with Gasteiger partial charge in [-0.05, 0) is 19.3 Å². The Morgan fingerprint density at radius 2 is 1.74 bits per heavy atom. The van der Waals surface area contributed by atoms with Crippen molar-refractivity contribution in [1.29, 1.82) is 0 Å². The highest BCUT2D eigenvalue weighted by atomic mass is 16.4. The van der Waals surface area contributed by atoms with Crippen LogP contribution < -0.4 is 10.6 Å². The molecule has 0 aromatic rings. The molecule has 1 aliphatic carbocycles. The van der Waals surface area contributed by atoms with Crippen LogP contribution in [0.3, 0.4) is 0 Å². The van der Waals surface area contributed by atoms with Gasteiger partial charge in [0.1, 0.15) is 0 Å². The molecule has 0 radical (unpaired) electrons. The van der Waals surface area contributed by atoms with Crippen LogP contribution in [0.5, 0.6) is 0 Å². The van der Waals surface area contributed by atoms with E-state index in [2.05, 4.69) is 10.6 Å². The number of Topliss-reactive ketones (excluding diaryl/α,β-unsaturated/α-hetero) is 1. The van der Waals surface area contributed by atoms with Crippen LogP contribution in [0.1, 0.15) is 51.4 Å². The zero-order valence-corrected chi connectivity index (χ0v) is 11.1. The van der Waals surface area contributed by atoms with Gasteiger partial charge in [-0.15, -0.1) is 0 Å². The fourth-order valence-corrected chi connectivity index (χ4v) is 2.19. The Balaban J connectivity index is 2.08. The van der Waals surface area contributed by atoms with Crippen LogP contribution >= 0.6 is 0 Å². The number of aliphatic carboxylic acids is 1. The van der Waals surface area contributed by atoms with Gasteiger partial charge in [-0.2, -0.15) is 0 Å². The van der Waals surface area contributed by atoms with Gasteiger partial charge in [-0.1, -0.05) is 19.3 Å². The number of rotatable bonds is 7. The first-order chi connectivity index (χ1) is 9.08. The van der Waals surface area contributed by atoms with Crippen LogP contribution in [-0.4, -0.2) is 35.5 Å². The van der Waals surface area contributed by atoms with Crippen molar-refractivity contribution >= 4 is 17.8 Å². The standard InChI is InChI=1S/C13H22N2O4/c16-11(7-4-8-12(17)18)9-14-13(19)15-10-5-2-1-3-6-10/h10H,1-9H2,(H,17,18)(H2,14,15,19). The third kappa shape index (κ3) is 7.43. The maximum Gasteiger partial charge on any atom is 0.315 e. The molecule has 0 atom stereocenters. The van der Waals surface area contributed by atoms with E-state index >= 15 is 0 Å². The lowest BCUT2D eigenvalue weighted by Gasteiger charge is -2.22. The van der Waals surface area contributed by atoms with Crippen LogP contribution in [-0.2, 0) is 9.59 Å². The van der Waals surface area contributed by atoms with E-state index in [1.165, 1.54) is 6.42 Å². The van der Waals surface area contributed by atoms with Crippen molar-refractivity contribution in [1.82, 2.24) is 10.6 Å². The zero-order valence-electron chi connectivity index (χ0n) is 11.1. The molecular weight excluding hydrogens is 248 g/mol. The molecule has 0 heterocycles. The maximum atomic E-state index is 11.5. The minimum Gasteiger partial charge on any atom is -0.481 e. The molecule has 0 unspecified atom stereocenters. The molecule has 0 aromatic carbocycles. The molecule has 1 fully saturated rings. The number of ketones is 1. The third-order valence-corrected chi connectivity index (χ3v) is 3.23. The summed E-state index contributed by atoms with van der Waals surface area (Å²) in [4.78, 5) is 33.2. The van der Waals surface area contributed by atoms with Gasteiger partial charge in [-0.25, -0.2) is 4.79 Å². The second-order valence-corrected chi connectivity index (χ2v) is 4.95. The molecule has 1 saturated carbocycles. The number of hydrogen-bond donors (Lipinski definition) is 3. The predicted octanol–water partition coefficient (Wildman–Crippen LogP) is 1.44. The molecule has 19 heavy (non-hydrogen) atoms. The average Bonchev–Trinajstić information content (AvgIpc) is 2.37. The first kappa shape index (κ1) is 15.5. The van der Waals surface area contributed by atoms with Crippen molar-refractivity contribution in [2.24, 2.45) is 0 Å². The van der Waals surface area contributed by atoms with Gasteiger partial charge in [0.15, 0.2) is 5.78 Å². The number of carbonyl (C=O) groups is 3. The van der Waals surface area contributed by atoms with E-state index in [0.717, 1.165) is 25.7 Å².